The van der Waals surface area contributed by atoms with Crippen LogP contribution in [0.3, 0.4) is 0 Å². The number of hydrogen-bond donors (Lipinski definition) is 1. The molecule has 1 nitrogen and oxygen atoms in total. The molecule has 1 aliphatic rings. The Morgan fingerprint density at radius 2 is 2.24 bits per heavy atom. The van der Waals surface area contributed by atoms with E-state index in [4.69, 9.17) is 5.73 Å². The molecule has 0 aromatic carbocycles. The van der Waals surface area contributed by atoms with E-state index >= 15 is 0 Å². The maximum atomic E-state index is 6.40. The number of thioether (sulfide) groups is 2. The van der Waals surface area contributed by atoms with Crippen molar-refractivity contribution in [3.05, 3.63) is 22.4 Å². The average molecular weight is 288 g/mol. The van der Waals surface area contributed by atoms with E-state index in [1.54, 1.807) is 0 Å². The largest absolute Gasteiger partial charge is 0.327 e. The van der Waals surface area contributed by atoms with Gasteiger partial charge < -0.3 is 5.73 Å². The van der Waals surface area contributed by atoms with Crippen molar-refractivity contribution in [3.8, 4) is 0 Å². The van der Waals surface area contributed by atoms with E-state index in [0.29, 0.717) is 11.3 Å². The second-order valence-corrected chi connectivity index (χ2v) is 8.10. The molecule has 0 aliphatic carbocycles. The molecule has 2 heterocycles. The Kier molecular flexibility index (Phi) is 5.74. The average Bonchev–Trinajstić information content (AvgIpc) is 2.89. The van der Waals surface area contributed by atoms with Gasteiger partial charge in [-0.25, -0.2) is 0 Å². The minimum atomic E-state index is 0.361. The summed E-state index contributed by atoms with van der Waals surface area (Å²) < 4.78 is 0. The first-order valence-electron chi connectivity index (χ1n) is 6.32. The highest BCUT2D eigenvalue weighted by Crippen LogP contribution is 2.35. The van der Waals surface area contributed by atoms with E-state index in [1.807, 2.05) is 11.3 Å². The molecular weight excluding hydrogens is 266 g/mol. The Morgan fingerprint density at radius 3 is 2.94 bits per heavy atom. The molecule has 0 saturated carbocycles. The van der Waals surface area contributed by atoms with Crippen LogP contribution in [-0.4, -0.2) is 28.0 Å². The van der Waals surface area contributed by atoms with Gasteiger partial charge >= 0.3 is 0 Å². The molecule has 2 rings (SSSR count). The lowest BCUT2D eigenvalue weighted by atomic mass is 10.0. The summed E-state index contributed by atoms with van der Waals surface area (Å²) in [4.78, 5) is 1.47. The number of hydrogen-bond acceptors (Lipinski definition) is 4. The number of rotatable bonds is 5. The fourth-order valence-electron chi connectivity index (χ4n) is 2.26. The SMILES string of the molecule is CCC1SCCSC1C(N)CCc1cccs1. The Balaban J connectivity index is 1.83. The maximum absolute atomic E-state index is 6.40. The van der Waals surface area contributed by atoms with Gasteiger partial charge in [-0.05, 0) is 30.7 Å². The molecule has 1 fully saturated rings. The Hall–Kier alpha value is 0.360. The van der Waals surface area contributed by atoms with E-state index < -0.39 is 0 Å². The van der Waals surface area contributed by atoms with Crippen LogP contribution in [0.15, 0.2) is 17.5 Å². The molecule has 2 N–H and O–H groups in total. The third kappa shape index (κ3) is 3.91. The second kappa shape index (κ2) is 7.07. The summed E-state index contributed by atoms with van der Waals surface area (Å²) >= 11 is 6.07. The number of thiophene rings is 1. The molecule has 0 spiro atoms. The zero-order valence-corrected chi connectivity index (χ0v) is 12.8. The molecular formula is C13H21NS3. The maximum Gasteiger partial charge on any atom is 0.0318 e. The predicted octanol–water partition coefficient (Wildman–Crippen LogP) is 3.64. The lowest BCUT2D eigenvalue weighted by Gasteiger charge is -2.34. The van der Waals surface area contributed by atoms with Gasteiger partial charge in [0, 0.05) is 32.9 Å². The molecule has 1 aromatic heterocycles. The Labute approximate surface area is 117 Å². The smallest absolute Gasteiger partial charge is 0.0318 e. The lowest BCUT2D eigenvalue weighted by molar-refractivity contribution is 0.563. The summed E-state index contributed by atoms with van der Waals surface area (Å²) in [5, 5.41) is 3.59. The van der Waals surface area contributed by atoms with Crippen molar-refractivity contribution in [2.75, 3.05) is 11.5 Å². The third-order valence-corrected chi connectivity index (χ3v) is 7.58. The summed E-state index contributed by atoms with van der Waals surface area (Å²) in [7, 11) is 0. The van der Waals surface area contributed by atoms with Crippen LogP contribution in [0.4, 0.5) is 0 Å². The van der Waals surface area contributed by atoms with E-state index in [2.05, 4.69) is 48.0 Å². The molecule has 3 atom stereocenters. The highest BCUT2D eigenvalue weighted by atomic mass is 32.2. The van der Waals surface area contributed by atoms with Gasteiger partial charge in [0.25, 0.3) is 0 Å². The van der Waals surface area contributed by atoms with E-state index in [-0.39, 0.29) is 0 Å². The highest BCUT2D eigenvalue weighted by molar-refractivity contribution is 8.07. The zero-order valence-electron chi connectivity index (χ0n) is 10.3. The highest BCUT2D eigenvalue weighted by Gasteiger charge is 2.29. The zero-order chi connectivity index (χ0) is 12.1. The Bertz CT molecular complexity index is 312. The molecule has 96 valence electrons. The standard InChI is InChI=1S/C13H21NS3/c1-2-12-13(17-9-8-16-12)11(14)6-5-10-4-3-7-15-10/h3-4,7,11-13H,2,5-6,8-9,14H2,1H3. The monoisotopic (exact) mass is 287 g/mol. The van der Waals surface area contributed by atoms with Crippen molar-refractivity contribution in [3.63, 3.8) is 0 Å². The van der Waals surface area contributed by atoms with Crippen LogP contribution in [0.5, 0.6) is 0 Å². The van der Waals surface area contributed by atoms with Gasteiger partial charge in [0.1, 0.15) is 0 Å². The molecule has 0 radical (unpaired) electrons. The van der Waals surface area contributed by atoms with E-state index in [0.717, 1.165) is 18.1 Å². The second-order valence-electron chi connectivity index (χ2n) is 4.43. The Morgan fingerprint density at radius 1 is 1.41 bits per heavy atom. The summed E-state index contributed by atoms with van der Waals surface area (Å²) in [6.45, 7) is 2.29. The van der Waals surface area contributed by atoms with Gasteiger partial charge in [-0.3, -0.25) is 0 Å². The number of aryl methyl sites for hydroxylation is 1. The molecule has 1 saturated heterocycles. The van der Waals surface area contributed by atoms with Crippen LogP contribution in [0.25, 0.3) is 0 Å². The molecule has 1 aromatic rings. The quantitative estimate of drug-likeness (QED) is 0.895. The summed E-state index contributed by atoms with van der Waals surface area (Å²) in [6.07, 6.45) is 3.54. The molecule has 0 amide bonds. The van der Waals surface area contributed by atoms with Crippen molar-refractivity contribution in [2.24, 2.45) is 5.73 Å². The predicted molar refractivity (Wildman–Crippen MR) is 83.4 cm³/mol. The first-order valence-corrected chi connectivity index (χ1v) is 9.30. The summed E-state index contributed by atoms with van der Waals surface area (Å²) in [5.74, 6) is 2.58. The van der Waals surface area contributed by atoms with E-state index in [9.17, 15) is 0 Å². The third-order valence-electron chi connectivity index (χ3n) is 3.22. The van der Waals surface area contributed by atoms with Gasteiger partial charge in [0.05, 0.1) is 0 Å². The van der Waals surface area contributed by atoms with Crippen molar-refractivity contribution < 1.29 is 0 Å². The van der Waals surface area contributed by atoms with Gasteiger partial charge in [-0.15, -0.1) is 11.3 Å². The number of nitrogens with two attached hydrogens (primary N) is 1. The van der Waals surface area contributed by atoms with E-state index in [1.165, 1.54) is 22.8 Å². The first-order chi connectivity index (χ1) is 8.31. The van der Waals surface area contributed by atoms with Crippen LogP contribution in [0.1, 0.15) is 24.6 Å². The van der Waals surface area contributed by atoms with Gasteiger partial charge in [0.15, 0.2) is 0 Å². The van der Waals surface area contributed by atoms with Gasteiger partial charge in [-0.2, -0.15) is 23.5 Å². The van der Waals surface area contributed by atoms with Crippen LogP contribution in [0.2, 0.25) is 0 Å². The summed E-state index contributed by atoms with van der Waals surface area (Å²) in [6, 6.07) is 4.71. The molecule has 1 aliphatic heterocycles. The fraction of sp³-hybridized carbons (Fsp3) is 0.692. The molecule has 4 heteroatoms. The topological polar surface area (TPSA) is 26.0 Å². The van der Waals surface area contributed by atoms with Crippen molar-refractivity contribution in [2.45, 2.75) is 42.7 Å². The summed E-state index contributed by atoms with van der Waals surface area (Å²) in [5.41, 5.74) is 6.40. The minimum absolute atomic E-state index is 0.361. The van der Waals surface area contributed by atoms with Crippen LogP contribution in [0, 0.1) is 0 Å². The van der Waals surface area contributed by atoms with Gasteiger partial charge in [0.2, 0.25) is 0 Å². The normalized spacial score (nSPS) is 26.9. The van der Waals surface area contributed by atoms with Crippen molar-refractivity contribution in [1.82, 2.24) is 0 Å². The van der Waals surface area contributed by atoms with Crippen LogP contribution >= 0.6 is 34.9 Å². The molecule has 0 bridgehead atoms. The minimum Gasteiger partial charge on any atom is -0.327 e. The first kappa shape index (κ1) is 13.8. The fourth-order valence-corrected chi connectivity index (χ4v) is 6.22. The van der Waals surface area contributed by atoms with Crippen molar-refractivity contribution >= 4 is 34.9 Å². The van der Waals surface area contributed by atoms with Crippen LogP contribution in [-0.2, 0) is 6.42 Å². The molecule has 3 unspecified atom stereocenters. The van der Waals surface area contributed by atoms with Crippen molar-refractivity contribution in [1.29, 1.82) is 0 Å². The van der Waals surface area contributed by atoms with Gasteiger partial charge in [-0.1, -0.05) is 13.0 Å². The lowest BCUT2D eigenvalue weighted by Crippen LogP contribution is -2.41. The molecule has 17 heavy (non-hydrogen) atoms. The van der Waals surface area contributed by atoms with Crippen LogP contribution < -0.4 is 5.73 Å².